The summed E-state index contributed by atoms with van der Waals surface area (Å²) in [6.07, 6.45) is 1.81. The summed E-state index contributed by atoms with van der Waals surface area (Å²) in [4.78, 5) is 15.1. The molecule has 2 heterocycles. The van der Waals surface area contributed by atoms with Crippen LogP contribution in [0.25, 0.3) is 5.69 Å². The Morgan fingerprint density at radius 2 is 2.00 bits per heavy atom. The van der Waals surface area contributed by atoms with Crippen LogP contribution in [0.3, 0.4) is 0 Å². The van der Waals surface area contributed by atoms with Crippen LogP contribution in [0.5, 0.6) is 0 Å². The molecule has 0 unspecified atom stereocenters. The lowest BCUT2D eigenvalue weighted by Gasteiger charge is -2.28. The Morgan fingerprint density at radius 1 is 1.27 bits per heavy atom. The van der Waals surface area contributed by atoms with E-state index in [1.54, 1.807) is 11.6 Å². The molecule has 0 amide bonds. The second-order valence-electron chi connectivity index (χ2n) is 6.23. The Bertz CT molecular complexity index is 825. The first kappa shape index (κ1) is 18.5. The Kier molecular flexibility index (Phi) is 5.68. The number of hydrogen-bond donors (Lipinski definition) is 0. The highest BCUT2D eigenvalue weighted by Gasteiger charge is 2.25. The topological polar surface area (TPSA) is 56.6 Å². The first-order valence-electron chi connectivity index (χ1n) is 8.72. The summed E-state index contributed by atoms with van der Waals surface area (Å²) in [7, 11) is 0. The van der Waals surface area contributed by atoms with Gasteiger partial charge in [-0.2, -0.15) is 5.10 Å². The fourth-order valence-electron chi connectivity index (χ4n) is 2.82. The molecule has 3 rings (SSSR count). The highest BCUT2D eigenvalue weighted by Crippen LogP contribution is 2.19. The van der Waals surface area contributed by atoms with E-state index < -0.39 is 5.97 Å². The van der Waals surface area contributed by atoms with Gasteiger partial charge in [-0.1, -0.05) is 18.3 Å². The molecule has 0 N–H and O–H groups in total. The lowest BCUT2D eigenvalue weighted by Crippen LogP contribution is -2.40. The molecule has 0 bridgehead atoms. The zero-order valence-electron chi connectivity index (χ0n) is 15.3. The molecule has 1 aromatic heterocycles. The number of ether oxygens (including phenoxy) is 2. The smallest absolute Gasteiger partial charge is 0.359 e. The third kappa shape index (κ3) is 3.78. The minimum Gasteiger partial charge on any atom is -0.461 e. The second-order valence-corrected chi connectivity index (χ2v) is 6.62. The van der Waals surface area contributed by atoms with Crippen molar-refractivity contribution in [1.82, 2.24) is 14.7 Å². The van der Waals surface area contributed by atoms with Crippen LogP contribution in [0.15, 0.2) is 24.4 Å². The van der Waals surface area contributed by atoms with Gasteiger partial charge < -0.3 is 14.4 Å². The van der Waals surface area contributed by atoms with E-state index >= 15 is 0 Å². The molecule has 1 aliphatic rings. The molecular formula is C19H23N3O3S. The lowest BCUT2D eigenvalue weighted by molar-refractivity contribution is 0.0518. The summed E-state index contributed by atoms with van der Waals surface area (Å²) < 4.78 is 12.3. The largest absolute Gasteiger partial charge is 0.461 e. The lowest BCUT2D eigenvalue weighted by atomic mass is 10.1. The van der Waals surface area contributed by atoms with Crippen molar-refractivity contribution in [2.45, 2.75) is 20.8 Å². The molecule has 0 spiro atoms. The van der Waals surface area contributed by atoms with Gasteiger partial charge in [0.2, 0.25) is 0 Å². The predicted octanol–water partition coefficient (Wildman–Crippen LogP) is 2.67. The van der Waals surface area contributed by atoms with Crippen molar-refractivity contribution < 1.29 is 14.3 Å². The zero-order chi connectivity index (χ0) is 18.7. The minimum absolute atomic E-state index is 0.251. The zero-order valence-corrected chi connectivity index (χ0v) is 16.1. The van der Waals surface area contributed by atoms with E-state index in [1.165, 1.54) is 5.56 Å². The van der Waals surface area contributed by atoms with Crippen LogP contribution in [-0.4, -0.2) is 58.5 Å². The van der Waals surface area contributed by atoms with Crippen LogP contribution in [0.2, 0.25) is 0 Å². The van der Waals surface area contributed by atoms with Gasteiger partial charge in [-0.05, 0) is 44.0 Å². The maximum absolute atomic E-state index is 12.4. The van der Waals surface area contributed by atoms with Gasteiger partial charge in [-0.3, -0.25) is 0 Å². The number of hydrogen-bond acceptors (Lipinski definition) is 5. The molecule has 1 aromatic carbocycles. The van der Waals surface area contributed by atoms with Gasteiger partial charge in [0.1, 0.15) is 4.99 Å². The number of morpholine rings is 1. The predicted molar refractivity (Wildman–Crippen MR) is 103 cm³/mol. The van der Waals surface area contributed by atoms with E-state index in [0.717, 1.165) is 11.3 Å². The highest BCUT2D eigenvalue weighted by molar-refractivity contribution is 7.80. The van der Waals surface area contributed by atoms with Crippen LogP contribution in [0, 0.1) is 13.8 Å². The minimum atomic E-state index is -0.458. The van der Waals surface area contributed by atoms with E-state index in [2.05, 4.69) is 12.0 Å². The molecule has 7 heteroatoms. The van der Waals surface area contributed by atoms with E-state index in [1.807, 2.05) is 36.2 Å². The third-order valence-electron chi connectivity index (χ3n) is 4.47. The van der Waals surface area contributed by atoms with Gasteiger partial charge in [-0.25, -0.2) is 9.48 Å². The average molecular weight is 373 g/mol. The fraction of sp³-hybridized carbons (Fsp3) is 0.421. The second kappa shape index (κ2) is 7.97. The van der Waals surface area contributed by atoms with Crippen LogP contribution >= 0.6 is 12.2 Å². The average Bonchev–Trinajstić information content (AvgIpc) is 3.10. The molecule has 0 saturated carbocycles. The number of carbonyl (C=O) groups excluding carboxylic acids is 1. The van der Waals surface area contributed by atoms with Gasteiger partial charge in [0.15, 0.2) is 5.69 Å². The number of rotatable bonds is 4. The number of esters is 1. The summed E-state index contributed by atoms with van der Waals surface area (Å²) in [5, 5.41) is 4.48. The van der Waals surface area contributed by atoms with Gasteiger partial charge >= 0.3 is 5.97 Å². The SMILES string of the molecule is CCOC(=O)c1nn(-c2ccc(C)c(C)c2)cc1C(=S)N1CCOCC1. The van der Waals surface area contributed by atoms with E-state index in [-0.39, 0.29) is 5.69 Å². The molecule has 26 heavy (non-hydrogen) atoms. The standard InChI is InChI=1S/C19H23N3O3S/c1-4-25-19(23)17-16(18(26)21-7-9-24-10-8-21)12-22(20-17)15-6-5-13(2)14(3)11-15/h5-6,11-12H,4,7-10H2,1-3H3. The Labute approximate surface area is 158 Å². The van der Waals surface area contributed by atoms with Crippen molar-refractivity contribution in [2.75, 3.05) is 32.9 Å². The first-order valence-corrected chi connectivity index (χ1v) is 9.13. The Morgan fingerprint density at radius 3 is 2.65 bits per heavy atom. The van der Waals surface area contributed by atoms with Crippen molar-refractivity contribution in [2.24, 2.45) is 0 Å². The van der Waals surface area contributed by atoms with Crippen LogP contribution in [0.1, 0.15) is 34.1 Å². The summed E-state index contributed by atoms with van der Waals surface area (Å²) in [6, 6.07) is 6.06. The number of nitrogens with zero attached hydrogens (tertiary/aromatic N) is 3. The van der Waals surface area contributed by atoms with Crippen LogP contribution in [-0.2, 0) is 9.47 Å². The molecule has 0 atom stereocenters. The number of benzene rings is 1. The number of aromatic nitrogens is 2. The number of thiocarbonyl (C=S) groups is 1. The van der Waals surface area contributed by atoms with Gasteiger partial charge in [0.25, 0.3) is 0 Å². The van der Waals surface area contributed by atoms with Crippen molar-refractivity contribution in [3.63, 3.8) is 0 Å². The number of aryl methyl sites for hydroxylation is 2. The Balaban J connectivity index is 2.00. The summed E-state index contributed by atoms with van der Waals surface area (Å²) in [5.74, 6) is -0.458. The quantitative estimate of drug-likeness (QED) is 0.607. The van der Waals surface area contributed by atoms with Crippen molar-refractivity contribution in [1.29, 1.82) is 0 Å². The summed E-state index contributed by atoms with van der Waals surface area (Å²) in [5.41, 5.74) is 4.12. The monoisotopic (exact) mass is 373 g/mol. The molecule has 2 aromatic rings. The molecular weight excluding hydrogens is 350 g/mol. The van der Waals surface area contributed by atoms with Gasteiger partial charge in [-0.15, -0.1) is 0 Å². The van der Waals surface area contributed by atoms with E-state index in [9.17, 15) is 4.79 Å². The maximum Gasteiger partial charge on any atom is 0.359 e. The van der Waals surface area contributed by atoms with Crippen molar-refractivity contribution in [3.8, 4) is 5.69 Å². The van der Waals surface area contributed by atoms with E-state index in [4.69, 9.17) is 21.7 Å². The van der Waals surface area contributed by atoms with Crippen molar-refractivity contribution in [3.05, 3.63) is 46.8 Å². The molecule has 0 aliphatic carbocycles. The number of carbonyl (C=O) groups is 1. The molecule has 1 fully saturated rings. The van der Waals surface area contributed by atoms with Crippen LogP contribution in [0.4, 0.5) is 0 Å². The van der Waals surface area contributed by atoms with Gasteiger partial charge in [0.05, 0.1) is 31.1 Å². The molecule has 138 valence electrons. The molecule has 6 nitrogen and oxygen atoms in total. The normalized spacial score (nSPS) is 14.3. The first-order chi connectivity index (χ1) is 12.5. The summed E-state index contributed by atoms with van der Waals surface area (Å²) >= 11 is 5.65. The van der Waals surface area contributed by atoms with Gasteiger partial charge in [0, 0.05) is 19.3 Å². The molecule has 0 radical (unpaired) electrons. The fourth-order valence-corrected chi connectivity index (χ4v) is 3.15. The summed E-state index contributed by atoms with van der Waals surface area (Å²) in [6.45, 7) is 8.84. The molecule has 1 aliphatic heterocycles. The Hall–Kier alpha value is -2.25. The third-order valence-corrected chi connectivity index (χ3v) is 4.94. The van der Waals surface area contributed by atoms with Crippen molar-refractivity contribution >= 4 is 23.2 Å². The maximum atomic E-state index is 12.4. The van der Waals surface area contributed by atoms with E-state index in [0.29, 0.717) is 43.5 Å². The molecule has 1 saturated heterocycles. The highest BCUT2D eigenvalue weighted by atomic mass is 32.1. The van der Waals surface area contributed by atoms with Crippen LogP contribution < -0.4 is 0 Å².